The Labute approximate surface area is 158 Å². The van der Waals surface area contributed by atoms with Crippen molar-refractivity contribution in [3.63, 3.8) is 0 Å². The highest BCUT2D eigenvalue weighted by molar-refractivity contribution is 7.99. The number of hydrogen-bond donors (Lipinski definition) is 0. The predicted octanol–water partition coefficient (Wildman–Crippen LogP) is 4.92. The first-order valence-corrected chi connectivity index (χ1v) is 9.52. The summed E-state index contributed by atoms with van der Waals surface area (Å²) in [7, 11) is 1.81. The number of hydrogen-bond acceptors (Lipinski definition) is 3. The average Bonchev–Trinajstić information content (AvgIpc) is 2.65. The second kappa shape index (κ2) is 10.7. The van der Waals surface area contributed by atoms with Crippen molar-refractivity contribution in [1.82, 2.24) is 4.90 Å². The van der Waals surface area contributed by atoms with Gasteiger partial charge in [-0.1, -0.05) is 30.9 Å². The molecule has 0 aliphatic heterocycles. The maximum atomic E-state index is 12.9. The first kappa shape index (κ1) is 20.0. The smallest absolute Gasteiger partial charge is 0.222 e. The minimum absolute atomic E-state index is 0.100. The summed E-state index contributed by atoms with van der Waals surface area (Å²) in [5.74, 6) is 1.47. The Morgan fingerprint density at radius 3 is 2.69 bits per heavy atom. The summed E-state index contributed by atoms with van der Waals surface area (Å²) in [6, 6.07) is 14.1. The van der Waals surface area contributed by atoms with Gasteiger partial charge in [-0.05, 0) is 42.5 Å². The molecule has 0 radical (unpaired) electrons. The molecule has 0 unspecified atom stereocenters. The quantitative estimate of drug-likeness (QED) is 0.336. The number of rotatable bonds is 10. The van der Waals surface area contributed by atoms with Crippen LogP contribution >= 0.6 is 11.8 Å². The predicted molar refractivity (Wildman–Crippen MR) is 105 cm³/mol. The van der Waals surface area contributed by atoms with E-state index in [1.54, 1.807) is 41.9 Å². The molecule has 0 fully saturated rings. The Bertz CT molecular complexity index is 718. The van der Waals surface area contributed by atoms with E-state index in [0.29, 0.717) is 19.6 Å². The molecule has 0 spiro atoms. The van der Waals surface area contributed by atoms with Gasteiger partial charge in [0, 0.05) is 30.5 Å². The molecule has 3 nitrogen and oxygen atoms in total. The van der Waals surface area contributed by atoms with Gasteiger partial charge in [0.1, 0.15) is 18.2 Å². The van der Waals surface area contributed by atoms with E-state index in [1.807, 2.05) is 24.3 Å². The third kappa shape index (κ3) is 6.56. The molecule has 0 aliphatic carbocycles. The molecular weight excluding hydrogens is 349 g/mol. The Morgan fingerprint density at radius 2 is 1.96 bits per heavy atom. The number of carbonyl (C=O) groups is 1. The van der Waals surface area contributed by atoms with E-state index in [1.165, 1.54) is 12.1 Å². The first-order chi connectivity index (χ1) is 12.6. The molecule has 0 saturated carbocycles. The number of benzene rings is 2. The topological polar surface area (TPSA) is 29.5 Å². The molecule has 0 atom stereocenters. The van der Waals surface area contributed by atoms with Crippen LogP contribution in [-0.2, 0) is 11.3 Å². The van der Waals surface area contributed by atoms with E-state index in [2.05, 4.69) is 6.58 Å². The molecule has 0 aromatic heterocycles. The molecule has 1 amide bonds. The van der Waals surface area contributed by atoms with Crippen molar-refractivity contribution >= 4 is 17.7 Å². The summed E-state index contributed by atoms with van der Waals surface area (Å²) in [6.45, 7) is 4.60. The van der Waals surface area contributed by atoms with E-state index in [0.717, 1.165) is 28.4 Å². The zero-order valence-electron chi connectivity index (χ0n) is 15.0. The van der Waals surface area contributed by atoms with Crippen molar-refractivity contribution in [2.24, 2.45) is 0 Å². The zero-order valence-corrected chi connectivity index (χ0v) is 15.8. The minimum Gasteiger partial charge on any atom is -0.489 e. The fourth-order valence-corrected chi connectivity index (χ4v) is 3.26. The third-order valence-corrected chi connectivity index (χ3v) is 4.88. The SMILES string of the molecule is C=CCOc1ccccc1CN(C)C(=O)CCCSc1ccc(F)cc1. The van der Waals surface area contributed by atoms with Gasteiger partial charge in [0.25, 0.3) is 0 Å². The van der Waals surface area contributed by atoms with Crippen LogP contribution in [0.1, 0.15) is 18.4 Å². The average molecular weight is 373 g/mol. The van der Waals surface area contributed by atoms with E-state index >= 15 is 0 Å². The van der Waals surface area contributed by atoms with E-state index < -0.39 is 0 Å². The highest BCUT2D eigenvalue weighted by Crippen LogP contribution is 2.21. The molecule has 2 rings (SSSR count). The molecule has 0 heterocycles. The largest absolute Gasteiger partial charge is 0.489 e. The Balaban J connectivity index is 1.77. The van der Waals surface area contributed by atoms with Crippen LogP contribution in [0.25, 0.3) is 0 Å². The number of carbonyl (C=O) groups excluding carboxylic acids is 1. The summed E-state index contributed by atoms with van der Waals surface area (Å²) < 4.78 is 18.5. The zero-order chi connectivity index (χ0) is 18.8. The summed E-state index contributed by atoms with van der Waals surface area (Å²) in [5.41, 5.74) is 0.978. The Hall–Kier alpha value is -2.27. The van der Waals surface area contributed by atoms with Gasteiger partial charge in [-0.15, -0.1) is 11.8 Å². The summed E-state index contributed by atoms with van der Waals surface area (Å²) in [6.07, 6.45) is 2.96. The second-order valence-corrected chi connectivity index (χ2v) is 7.03. The maximum absolute atomic E-state index is 12.9. The molecule has 138 valence electrons. The van der Waals surface area contributed by atoms with Crippen molar-refractivity contribution in [1.29, 1.82) is 0 Å². The van der Waals surface area contributed by atoms with Gasteiger partial charge >= 0.3 is 0 Å². The second-order valence-electron chi connectivity index (χ2n) is 5.86. The van der Waals surface area contributed by atoms with E-state index in [-0.39, 0.29) is 11.7 Å². The fraction of sp³-hybridized carbons (Fsp3) is 0.286. The van der Waals surface area contributed by atoms with Gasteiger partial charge in [0.15, 0.2) is 0 Å². The molecular formula is C21H24FNO2S. The lowest BCUT2D eigenvalue weighted by atomic mass is 10.2. The monoisotopic (exact) mass is 373 g/mol. The fourth-order valence-electron chi connectivity index (χ4n) is 2.40. The Morgan fingerprint density at radius 1 is 1.23 bits per heavy atom. The summed E-state index contributed by atoms with van der Waals surface area (Å²) in [5, 5.41) is 0. The van der Waals surface area contributed by atoms with Crippen molar-refractivity contribution in [2.75, 3.05) is 19.4 Å². The van der Waals surface area contributed by atoms with Crippen LogP contribution in [0.3, 0.4) is 0 Å². The molecule has 0 aliphatic rings. The number of halogens is 1. The number of nitrogens with zero attached hydrogens (tertiary/aromatic N) is 1. The lowest BCUT2D eigenvalue weighted by molar-refractivity contribution is -0.130. The van der Waals surface area contributed by atoms with Crippen LogP contribution < -0.4 is 4.74 Å². The van der Waals surface area contributed by atoms with Gasteiger partial charge in [-0.3, -0.25) is 4.79 Å². The lowest BCUT2D eigenvalue weighted by Crippen LogP contribution is -2.26. The molecule has 0 bridgehead atoms. The van der Waals surface area contributed by atoms with Crippen molar-refractivity contribution in [3.05, 3.63) is 72.6 Å². The standard InChI is InChI=1S/C21H24FNO2S/c1-3-14-25-20-8-5-4-7-17(20)16-23(2)21(24)9-6-15-26-19-12-10-18(22)11-13-19/h3-5,7-8,10-13H,1,6,9,14-16H2,2H3. The summed E-state index contributed by atoms with van der Waals surface area (Å²) in [4.78, 5) is 15.1. The van der Waals surface area contributed by atoms with E-state index in [4.69, 9.17) is 4.74 Å². The Kier molecular flexibility index (Phi) is 8.22. The van der Waals surface area contributed by atoms with Crippen LogP contribution in [-0.4, -0.2) is 30.2 Å². The third-order valence-electron chi connectivity index (χ3n) is 3.78. The van der Waals surface area contributed by atoms with Crippen LogP contribution in [0, 0.1) is 5.82 Å². The number of thioether (sulfide) groups is 1. The molecule has 0 N–H and O–H groups in total. The lowest BCUT2D eigenvalue weighted by Gasteiger charge is -2.19. The van der Waals surface area contributed by atoms with Gasteiger partial charge < -0.3 is 9.64 Å². The summed E-state index contributed by atoms with van der Waals surface area (Å²) >= 11 is 1.63. The molecule has 2 aromatic carbocycles. The molecule has 5 heteroatoms. The minimum atomic E-state index is -0.233. The highest BCUT2D eigenvalue weighted by atomic mass is 32.2. The number of para-hydroxylation sites is 1. The molecule has 26 heavy (non-hydrogen) atoms. The molecule has 2 aromatic rings. The maximum Gasteiger partial charge on any atom is 0.222 e. The van der Waals surface area contributed by atoms with Crippen LogP contribution in [0.2, 0.25) is 0 Å². The van der Waals surface area contributed by atoms with Crippen LogP contribution in [0.15, 0.2) is 66.1 Å². The highest BCUT2D eigenvalue weighted by Gasteiger charge is 2.12. The number of amides is 1. The van der Waals surface area contributed by atoms with Gasteiger partial charge in [-0.2, -0.15) is 0 Å². The van der Waals surface area contributed by atoms with Crippen molar-refractivity contribution < 1.29 is 13.9 Å². The van der Waals surface area contributed by atoms with Crippen LogP contribution in [0.5, 0.6) is 5.75 Å². The van der Waals surface area contributed by atoms with Crippen molar-refractivity contribution in [2.45, 2.75) is 24.3 Å². The van der Waals surface area contributed by atoms with Crippen LogP contribution in [0.4, 0.5) is 4.39 Å². The molecule has 0 saturated heterocycles. The number of ether oxygens (including phenoxy) is 1. The first-order valence-electron chi connectivity index (χ1n) is 8.54. The van der Waals surface area contributed by atoms with Gasteiger partial charge in [0.05, 0.1) is 0 Å². The van der Waals surface area contributed by atoms with Crippen molar-refractivity contribution in [3.8, 4) is 5.75 Å². The normalized spacial score (nSPS) is 10.4. The van der Waals surface area contributed by atoms with Gasteiger partial charge in [0.2, 0.25) is 5.91 Å². The van der Waals surface area contributed by atoms with Gasteiger partial charge in [-0.25, -0.2) is 4.39 Å². The van der Waals surface area contributed by atoms with E-state index in [9.17, 15) is 9.18 Å².